The third-order valence-electron chi connectivity index (χ3n) is 6.44. The summed E-state index contributed by atoms with van der Waals surface area (Å²) in [5, 5.41) is 0. The van der Waals surface area contributed by atoms with E-state index < -0.39 is 0 Å². The zero-order valence-electron chi connectivity index (χ0n) is 22.0. The van der Waals surface area contributed by atoms with Crippen molar-refractivity contribution in [2.24, 2.45) is 9.98 Å². The molecular formula is C32H34N4. The van der Waals surface area contributed by atoms with Crippen LogP contribution in [0.15, 0.2) is 101 Å². The molecule has 0 amide bonds. The van der Waals surface area contributed by atoms with Gasteiger partial charge in [0.05, 0.1) is 11.4 Å². The largest absolute Gasteiger partial charge is 0.378 e. The van der Waals surface area contributed by atoms with Gasteiger partial charge in [0.1, 0.15) is 6.01 Å². The summed E-state index contributed by atoms with van der Waals surface area (Å²) in [4.78, 5) is 13.5. The van der Waals surface area contributed by atoms with Crippen molar-refractivity contribution in [3.8, 4) is 0 Å². The van der Waals surface area contributed by atoms with Gasteiger partial charge >= 0.3 is 0 Å². The molecule has 182 valence electrons. The summed E-state index contributed by atoms with van der Waals surface area (Å²) in [6, 6.07) is 35.0. The van der Waals surface area contributed by atoms with Crippen molar-refractivity contribution in [1.82, 2.24) is 0 Å². The number of anilines is 2. The summed E-state index contributed by atoms with van der Waals surface area (Å²) in [5.41, 5.74) is 9.97. The highest BCUT2D eigenvalue weighted by Crippen LogP contribution is 2.39. The van der Waals surface area contributed by atoms with Gasteiger partial charge < -0.3 is 9.80 Å². The zero-order valence-corrected chi connectivity index (χ0v) is 22.0. The fourth-order valence-corrected chi connectivity index (χ4v) is 4.30. The summed E-state index contributed by atoms with van der Waals surface area (Å²) in [6.07, 6.45) is 0. The summed E-state index contributed by atoms with van der Waals surface area (Å²) in [7, 11) is 8.25. The van der Waals surface area contributed by atoms with Gasteiger partial charge in [-0.1, -0.05) is 60.2 Å². The first-order valence-corrected chi connectivity index (χ1v) is 12.2. The molecule has 0 aliphatic heterocycles. The van der Waals surface area contributed by atoms with Crippen molar-refractivity contribution < 1.29 is 0 Å². The number of benzene rings is 4. The Balaban J connectivity index is 1.83. The molecule has 0 aliphatic rings. The Labute approximate surface area is 215 Å². The summed E-state index contributed by atoms with van der Waals surface area (Å²) in [6.45, 7) is 4.16. The van der Waals surface area contributed by atoms with E-state index in [2.05, 4.69) is 130 Å². The lowest BCUT2D eigenvalue weighted by Gasteiger charge is -2.23. The van der Waals surface area contributed by atoms with E-state index in [4.69, 9.17) is 4.99 Å². The van der Waals surface area contributed by atoms with E-state index in [1.807, 2.05) is 24.3 Å². The van der Waals surface area contributed by atoms with E-state index in [0.29, 0.717) is 0 Å². The molecular weight excluding hydrogens is 440 g/mol. The van der Waals surface area contributed by atoms with Gasteiger partial charge in [-0.15, -0.1) is 0 Å². The van der Waals surface area contributed by atoms with Crippen LogP contribution in [0.2, 0.25) is 0 Å². The highest BCUT2D eigenvalue weighted by Gasteiger charge is 2.21. The van der Waals surface area contributed by atoms with Gasteiger partial charge in [-0.25, -0.2) is 0 Å². The van der Waals surface area contributed by atoms with Gasteiger partial charge in [-0.05, 0) is 72.5 Å². The zero-order chi connectivity index (χ0) is 25.7. The second-order valence-corrected chi connectivity index (χ2v) is 9.58. The highest BCUT2D eigenvalue weighted by atomic mass is 15.1. The van der Waals surface area contributed by atoms with E-state index in [1.54, 1.807) is 0 Å². The van der Waals surface area contributed by atoms with Crippen LogP contribution in [0.25, 0.3) is 0 Å². The molecule has 0 N–H and O–H groups in total. The normalized spacial score (nSPS) is 10.6. The van der Waals surface area contributed by atoms with Crippen LogP contribution in [0.4, 0.5) is 22.7 Å². The van der Waals surface area contributed by atoms with Crippen molar-refractivity contribution in [3.63, 3.8) is 0 Å². The third kappa shape index (κ3) is 5.73. The van der Waals surface area contributed by atoms with Crippen LogP contribution in [0.3, 0.4) is 0 Å². The number of rotatable bonds is 7. The lowest BCUT2D eigenvalue weighted by molar-refractivity contribution is 0.969. The Morgan fingerprint density at radius 1 is 0.611 bits per heavy atom. The first-order valence-electron chi connectivity index (χ1n) is 12.2. The molecule has 4 aromatic carbocycles. The van der Waals surface area contributed by atoms with Crippen LogP contribution in [0, 0.1) is 13.8 Å². The second-order valence-electron chi connectivity index (χ2n) is 9.58. The van der Waals surface area contributed by atoms with Gasteiger partial charge in [0.15, 0.2) is 0 Å². The molecule has 4 rings (SSSR count). The first-order chi connectivity index (χ1) is 17.3. The van der Waals surface area contributed by atoms with Gasteiger partial charge in [-0.3, -0.25) is 0 Å². The lowest BCUT2D eigenvalue weighted by Crippen LogP contribution is -2.10. The summed E-state index contributed by atoms with van der Waals surface area (Å²) >= 11 is 0. The highest BCUT2D eigenvalue weighted by molar-refractivity contribution is 5.66. The van der Waals surface area contributed by atoms with Crippen molar-refractivity contribution in [1.29, 1.82) is 0 Å². The second kappa shape index (κ2) is 11.1. The molecule has 0 atom stereocenters. The van der Waals surface area contributed by atoms with Crippen LogP contribution < -0.4 is 9.80 Å². The third-order valence-corrected chi connectivity index (χ3v) is 6.44. The number of aliphatic imine (C=N–C) groups is 2. The van der Waals surface area contributed by atoms with E-state index in [0.717, 1.165) is 22.5 Å². The van der Waals surface area contributed by atoms with Gasteiger partial charge in [0.25, 0.3) is 0 Å². The SMILES string of the molecule is Cc1ccc(N=C=Nc2c(C)cccc2C(c2ccc(N(C)C)cc2)c2ccc(N(C)C)cc2)cc1. The predicted octanol–water partition coefficient (Wildman–Crippen LogP) is 7.75. The molecule has 4 nitrogen and oxygen atoms in total. The van der Waals surface area contributed by atoms with Crippen molar-refractivity contribution >= 4 is 28.8 Å². The lowest BCUT2D eigenvalue weighted by atomic mass is 9.83. The van der Waals surface area contributed by atoms with Crippen LogP contribution in [-0.2, 0) is 0 Å². The smallest absolute Gasteiger partial charge is 0.100 e. The quantitative estimate of drug-likeness (QED) is 0.202. The minimum atomic E-state index is 0.0252. The number of aryl methyl sites for hydroxylation is 2. The maximum absolute atomic E-state index is 4.75. The van der Waals surface area contributed by atoms with E-state index in [-0.39, 0.29) is 5.92 Å². The Bertz CT molecular complexity index is 1310. The molecule has 0 aliphatic carbocycles. The topological polar surface area (TPSA) is 31.2 Å². The van der Waals surface area contributed by atoms with E-state index in [1.165, 1.54) is 28.1 Å². The van der Waals surface area contributed by atoms with Gasteiger partial charge in [0, 0.05) is 45.5 Å². The number of para-hydroxylation sites is 1. The molecule has 36 heavy (non-hydrogen) atoms. The summed E-state index contributed by atoms with van der Waals surface area (Å²) in [5.74, 6) is 0.0252. The Morgan fingerprint density at radius 2 is 1.14 bits per heavy atom. The average Bonchev–Trinajstić information content (AvgIpc) is 2.87. The molecule has 0 heterocycles. The molecule has 0 radical (unpaired) electrons. The Hall–Kier alpha value is -4.14. The van der Waals surface area contributed by atoms with Gasteiger partial charge in [-0.2, -0.15) is 9.98 Å². The van der Waals surface area contributed by atoms with Gasteiger partial charge in [0.2, 0.25) is 0 Å². The fraction of sp³-hybridized carbons (Fsp3) is 0.219. The van der Waals surface area contributed by atoms with Crippen LogP contribution in [0.5, 0.6) is 0 Å². The fourth-order valence-electron chi connectivity index (χ4n) is 4.30. The van der Waals surface area contributed by atoms with Crippen molar-refractivity contribution in [3.05, 3.63) is 119 Å². The predicted molar refractivity (Wildman–Crippen MR) is 154 cm³/mol. The number of hydrogen-bond donors (Lipinski definition) is 0. The first kappa shape index (κ1) is 25.0. The molecule has 0 fully saturated rings. The minimum absolute atomic E-state index is 0.0252. The van der Waals surface area contributed by atoms with Crippen molar-refractivity contribution in [2.75, 3.05) is 38.0 Å². The molecule has 0 saturated carbocycles. The molecule has 0 unspecified atom stereocenters. The molecule has 0 spiro atoms. The summed E-state index contributed by atoms with van der Waals surface area (Å²) < 4.78 is 0. The maximum atomic E-state index is 4.75. The van der Waals surface area contributed by atoms with Crippen LogP contribution in [-0.4, -0.2) is 34.2 Å². The Kier molecular flexibility index (Phi) is 7.68. The molecule has 4 aromatic rings. The molecule has 4 heteroatoms. The standard InChI is InChI=1S/C32H34N4/c1-23-10-16-27(17-11-23)33-22-34-32-24(2)8-7-9-30(32)31(25-12-18-28(19-13-25)35(3)4)26-14-20-29(21-15-26)36(5)6/h7-21,31H,1-6H3. The van der Waals surface area contributed by atoms with Crippen LogP contribution >= 0.6 is 0 Å². The number of nitrogens with zero attached hydrogens (tertiary/aromatic N) is 4. The minimum Gasteiger partial charge on any atom is -0.378 e. The molecule has 0 saturated heterocycles. The van der Waals surface area contributed by atoms with E-state index >= 15 is 0 Å². The monoisotopic (exact) mass is 474 g/mol. The average molecular weight is 475 g/mol. The van der Waals surface area contributed by atoms with E-state index in [9.17, 15) is 0 Å². The molecule has 0 bridgehead atoms. The number of hydrogen-bond acceptors (Lipinski definition) is 4. The maximum Gasteiger partial charge on any atom is 0.100 e. The Morgan fingerprint density at radius 3 is 1.64 bits per heavy atom. The van der Waals surface area contributed by atoms with Crippen LogP contribution in [0.1, 0.15) is 33.7 Å². The van der Waals surface area contributed by atoms with Crippen molar-refractivity contribution in [2.45, 2.75) is 19.8 Å². The molecule has 0 aromatic heterocycles.